The molecule has 0 spiro atoms. The number of alkyl halides is 1. The lowest BCUT2D eigenvalue weighted by Crippen LogP contribution is -2.44. The minimum atomic E-state index is -3.77. The van der Waals surface area contributed by atoms with E-state index in [0.29, 0.717) is 0 Å². The number of hydrogen-bond acceptors (Lipinski definition) is 2. The van der Waals surface area contributed by atoms with Gasteiger partial charge in [0.2, 0.25) is 10.0 Å². The Morgan fingerprint density at radius 3 is 2.53 bits per heavy atom. The van der Waals surface area contributed by atoms with Crippen LogP contribution in [-0.2, 0) is 10.0 Å². The summed E-state index contributed by atoms with van der Waals surface area (Å²) in [4.78, 5) is -0.115. The molecule has 2 unspecified atom stereocenters. The van der Waals surface area contributed by atoms with Crippen molar-refractivity contribution in [1.29, 1.82) is 0 Å². The lowest BCUT2D eigenvalue weighted by Gasteiger charge is -2.34. The van der Waals surface area contributed by atoms with Crippen molar-refractivity contribution in [2.45, 2.75) is 41.4 Å². The lowest BCUT2D eigenvalue weighted by molar-refractivity contribution is 0.296. The minimum Gasteiger partial charge on any atom is -0.207 e. The highest BCUT2D eigenvalue weighted by atomic mass is 79.9. The van der Waals surface area contributed by atoms with Crippen LogP contribution in [0.15, 0.2) is 29.2 Å². The molecule has 0 saturated heterocycles. The molecule has 0 N–H and O–H groups in total. The molecule has 3 nitrogen and oxygen atoms in total. The molecule has 19 heavy (non-hydrogen) atoms. The highest BCUT2D eigenvalue weighted by molar-refractivity contribution is 9.09. The van der Waals surface area contributed by atoms with Crippen molar-refractivity contribution in [3.63, 3.8) is 0 Å². The van der Waals surface area contributed by atoms with Gasteiger partial charge in [0.05, 0.1) is 0 Å². The van der Waals surface area contributed by atoms with E-state index in [0.717, 1.165) is 25.7 Å². The standard InChI is InChI=1S/C13H17BrFNO2S/c1-16(12-8-4-2-6-10(12)14)19(17,18)13-9-5-3-7-11(13)15/h3,5,7,9-10,12H,2,4,6,8H2,1H3. The Morgan fingerprint density at radius 1 is 1.26 bits per heavy atom. The normalized spacial score (nSPS) is 24.6. The molecule has 1 aromatic rings. The number of hydrogen-bond donors (Lipinski definition) is 0. The van der Waals surface area contributed by atoms with Crippen molar-refractivity contribution in [2.24, 2.45) is 0 Å². The zero-order chi connectivity index (χ0) is 14.0. The number of nitrogens with zero attached hydrogens (tertiary/aromatic N) is 1. The Bertz CT molecular complexity index is 549. The summed E-state index contributed by atoms with van der Waals surface area (Å²) in [6, 6.07) is 5.40. The third-order valence-corrected chi connectivity index (χ3v) is 6.59. The van der Waals surface area contributed by atoms with Crippen molar-refractivity contribution < 1.29 is 12.8 Å². The molecule has 0 aromatic heterocycles. The second-order valence-corrected chi connectivity index (χ2v) is 7.96. The maximum Gasteiger partial charge on any atom is 0.246 e. The first-order valence-corrected chi connectivity index (χ1v) is 8.67. The highest BCUT2D eigenvalue weighted by Gasteiger charge is 2.34. The number of halogens is 2. The minimum absolute atomic E-state index is 0.113. The molecule has 6 heteroatoms. The Balaban J connectivity index is 2.31. The maximum atomic E-state index is 13.7. The van der Waals surface area contributed by atoms with Crippen LogP contribution in [0.1, 0.15) is 25.7 Å². The fourth-order valence-electron chi connectivity index (χ4n) is 2.46. The van der Waals surface area contributed by atoms with Gasteiger partial charge < -0.3 is 0 Å². The molecule has 1 aliphatic rings. The molecule has 2 atom stereocenters. The van der Waals surface area contributed by atoms with Gasteiger partial charge in [0.25, 0.3) is 0 Å². The van der Waals surface area contributed by atoms with E-state index in [1.807, 2.05) is 0 Å². The van der Waals surface area contributed by atoms with E-state index in [4.69, 9.17) is 0 Å². The van der Waals surface area contributed by atoms with E-state index < -0.39 is 15.8 Å². The third kappa shape index (κ3) is 3.01. The van der Waals surface area contributed by atoms with Crippen LogP contribution in [-0.4, -0.2) is 30.6 Å². The van der Waals surface area contributed by atoms with Gasteiger partial charge in [-0.25, -0.2) is 12.8 Å². The maximum absolute atomic E-state index is 13.7. The molecule has 0 amide bonds. The predicted octanol–water partition coefficient (Wildman–Crippen LogP) is 3.15. The van der Waals surface area contributed by atoms with Crippen LogP contribution in [0, 0.1) is 5.82 Å². The van der Waals surface area contributed by atoms with Crippen LogP contribution in [0.3, 0.4) is 0 Å². The quantitative estimate of drug-likeness (QED) is 0.786. The fraction of sp³-hybridized carbons (Fsp3) is 0.538. The first-order chi connectivity index (χ1) is 8.94. The summed E-state index contributed by atoms with van der Waals surface area (Å²) in [5.74, 6) is -0.698. The average molecular weight is 350 g/mol. The van der Waals surface area contributed by atoms with Gasteiger partial charge in [-0.05, 0) is 25.0 Å². The van der Waals surface area contributed by atoms with Gasteiger partial charge in [0.1, 0.15) is 10.7 Å². The van der Waals surface area contributed by atoms with Gasteiger partial charge in [-0.15, -0.1) is 0 Å². The van der Waals surface area contributed by atoms with Crippen LogP contribution in [0.25, 0.3) is 0 Å². The molecule has 0 aliphatic heterocycles. The van der Waals surface area contributed by atoms with Gasteiger partial charge >= 0.3 is 0 Å². The van der Waals surface area contributed by atoms with Crippen LogP contribution in [0.2, 0.25) is 0 Å². The van der Waals surface area contributed by atoms with Gasteiger partial charge in [0, 0.05) is 17.9 Å². The Hall–Kier alpha value is -0.460. The molecule has 2 rings (SSSR count). The zero-order valence-electron chi connectivity index (χ0n) is 10.7. The summed E-state index contributed by atoms with van der Waals surface area (Å²) in [6.45, 7) is 0. The zero-order valence-corrected chi connectivity index (χ0v) is 13.1. The third-order valence-electron chi connectivity index (χ3n) is 3.61. The molecule has 1 aliphatic carbocycles. The Kier molecular flexibility index (Phi) is 4.63. The monoisotopic (exact) mass is 349 g/mol. The summed E-state index contributed by atoms with van der Waals surface area (Å²) in [6.07, 6.45) is 3.85. The summed E-state index contributed by atoms with van der Waals surface area (Å²) in [5.41, 5.74) is 0. The topological polar surface area (TPSA) is 37.4 Å². The molecule has 0 bridgehead atoms. The first kappa shape index (κ1) is 14.9. The van der Waals surface area contributed by atoms with E-state index in [2.05, 4.69) is 15.9 Å². The van der Waals surface area contributed by atoms with Crippen molar-refractivity contribution >= 4 is 26.0 Å². The van der Waals surface area contributed by atoms with Crippen LogP contribution in [0.5, 0.6) is 0 Å². The van der Waals surface area contributed by atoms with Crippen molar-refractivity contribution in [3.05, 3.63) is 30.1 Å². The predicted molar refractivity (Wildman–Crippen MR) is 76.3 cm³/mol. The second kappa shape index (κ2) is 5.89. The molecule has 0 radical (unpaired) electrons. The van der Waals surface area contributed by atoms with E-state index in [1.54, 1.807) is 0 Å². The first-order valence-electron chi connectivity index (χ1n) is 6.31. The lowest BCUT2D eigenvalue weighted by atomic mass is 9.96. The highest BCUT2D eigenvalue weighted by Crippen LogP contribution is 2.31. The van der Waals surface area contributed by atoms with Crippen molar-refractivity contribution in [2.75, 3.05) is 7.05 Å². The molecular weight excluding hydrogens is 333 g/mol. The Morgan fingerprint density at radius 2 is 1.89 bits per heavy atom. The van der Waals surface area contributed by atoms with Crippen molar-refractivity contribution in [3.8, 4) is 0 Å². The summed E-state index contributed by atoms with van der Waals surface area (Å²) < 4.78 is 39.9. The van der Waals surface area contributed by atoms with Crippen LogP contribution >= 0.6 is 15.9 Å². The van der Waals surface area contributed by atoms with E-state index >= 15 is 0 Å². The SMILES string of the molecule is CN(C1CCCCC1Br)S(=O)(=O)c1ccccc1F. The molecule has 1 aromatic carbocycles. The van der Waals surface area contributed by atoms with Gasteiger partial charge in [-0.1, -0.05) is 40.9 Å². The van der Waals surface area contributed by atoms with Crippen LogP contribution in [0.4, 0.5) is 4.39 Å². The molecule has 1 fully saturated rings. The smallest absolute Gasteiger partial charge is 0.207 e. The number of sulfonamides is 1. The van der Waals surface area contributed by atoms with E-state index in [1.165, 1.54) is 35.6 Å². The summed E-state index contributed by atoms with van der Waals surface area (Å²) >= 11 is 3.54. The van der Waals surface area contributed by atoms with Gasteiger partial charge in [-0.3, -0.25) is 0 Å². The van der Waals surface area contributed by atoms with Crippen LogP contribution < -0.4 is 0 Å². The molecule has 1 saturated carbocycles. The second-order valence-electron chi connectivity index (χ2n) is 4.82. The average Bonchev–Trinajstić information content (AvgIpc) is 2.39. The van der Waals surface area contributed by atoms with E-state index in [9.17, 15) is 12.8 Å². The van der Waals surface area contributed by atoms with E-state index in [-0.39, 0.29) is 15.8 Å². The van der Waals surface area contributed by atoms with Crippen molar-refractivity contribution in [1.82, 2.24) is 4.31 Å². The fourth-order valence-corrected chi connectivity index (χ4v) is 5.05. The number of benzene rings is 1. The largest absolute Gasteiger partial charge is 0.246 e. The molecule has 106 valence electrons. The molecular formula is C13H17BrFNO2S. The Labute approximate surface area is 122 Å². The van der Waals surface area contributed by atoms with Gasteiger partial charge in [-0.2, -0.15) is 4.31 Å². The van der Waals surface area contributed by atoms with Gasteiger partial charge in [0.15, 0.2) is 0 Å². The summed E-state index contributed by atoms with van der Waals surface area (Å²) in [7, 11) is -2.24. The summed E-state index contributed by atoms with van der Waals surface area (Å²) in [5, 5.41) is 0. The molecule has 0 heterocycles. The number of rotatable bonds is 3.